The Morgan fingerprint density at radius 1 is 1.40 bits per heavy atom. The molecule has 0 amide bonds. The van der Waals surface area contributed by atoms with Gasteiger partial charge in [0.1, 0.15) is 0 Å². The van der Waals surface area contributed by atoms with E-state index in [2.05, 4.69) is 41.2 Å². The summed E-state index contributed by atoms with van der Waals surface area (Å²) in [6, 6.07) is 0.272. The Kier molecular flexibility index (Phi) is 5.21. The number of aromatic nitrogens is 2. The minimum Gasteiger partial charge on any atom is -0.308 e. The van der Waals surface area contributed by atoms with Crippen LogP contribution >= 0.6 is 0 Å². The first-order valence-electron chi connectivity index (χ1n) is 5.38. The topological polar surface area (TPSA) is 41.0 Å². The Bertz CT molecular complexity index is 261. The van der Waals surface area contributed by atoms with Crippen LogP contribution in [-0.2, 0) is 0 Å². The van der Waals surface area contributed by atoms with Crippen LogP contribution in [0.5, 0.6) is 0 Å². The zero-order chi connectivity index (χ0) is 11.1. The molecular formula is C11H20N4. The van der Waals surface area contributed by atoms with E-state index < -0.39 is 0 Å². The lowest BCUT2D eigenvalue weighted by Gasteiger charge is -2.21. The fourth-order valence-electron chi connectivity index (χ4n) is 1.44. The molecule has 1 atom stereocenters. The van der Waals surface area contributed by atoms with E-state index >= 15 is 0 Å². The normalized spacial score (nSPS) is 13.1. The Hall–Kier alpha value is -1.00. The summed E-state index contributed by atoms with van der Waals surface area (Å²) in [5, 5.41) is 3.47. The largest absolute Gasteiger partial charge is 0.308 e. The highest BCUT2D eigenvalue weighted by Gasteiger charge is 2.12. The van der Waals surface area contributed by atoms with Crippen LogP contribution in [0.2, 0.25) is 0 Å². The molecule has 0 fully saturated rings. The zero-order valence-electron chi connectivity index (χ0n) is 9.77. The number of nitrogens with zero attached hydrogens (tertiary/aromatic N) is 3. The number of hydrogen-bond acceptors (Lipinski definition) is 4. The first-order chi connectivity index (χ1) is 7.24. The van der Waals surface area contributed by atoms with E-state index in [4.69, 9.17) is 0 Å². The van der Waals surface area contributed by atoms with Gasteiger partial charge in [0.25, 0.3) is 0 Å². The van der Waals surface area contributed by atoms with Crippen molar-refractivity contribution in [3.63, 3.8) is 0 Å². The van der Waals surface area contributed by atoms with Crippen LogP contribution in [0.3, 0.4) is 0 Å². The summed E-state index contributed by atoms with van der Waals surface area (Å²) in [6.45, 7) is 4.12. The molecule has 0 saturated heterocycles. The van der Waals surface area contributed by atoms with Gasteiger partial charge in [0.05, 0.1) is 17.9 Å². The lowest BCUT2D eigenvalue weighted by atomic mass is 10.2. The highest BCUT2D eigenvalue weighted by molar-refractivity contribution is 5.02. The summed E-state index contributed by atoms with van der Waals surface area (Å²) in [6.07, 6.45) is 6.41. The summed E-state index contributed by atoms with van der Waals surface area (Å²) in [7, 11) is 4.13. The van der Waals surface area contributed by atoms with Gasteiger partial charge in [-0.15, -0.1) is 0 Å². The summed E-state index contributed by atoms with van der Waals surface area (Å²) in [4.78, 5) is 10.6. The van der Waals surface area contributed by atoms with Crippen molar-refractivity contribution in [3.8, 4) is 0 Å². The fourth-order valence-corrected chi connectivity index (χ4v) is 1.44. The van der Waals surface area contributed by atoms with Gasteiger partial charge in [0.2, 0.25) is 0 Å². The monoisotopic (exact) mass is 208 g/mol. The first-order valence-corrected chi connectivity index (χ1v) is 5.38. The van der Waals surface area contributed by atoms with Crippen LogP contribution < -0.4 is 5.32 Å². The van der Waals surface area contributed by atoms with Crippen molar-refractivity contribution < 1.29 is 0 Å². The first kappa shape index (κ1) is 12.1. The molecule has 0 spiro atoms. The summed E-state index contributed by atoms with van der Waals surface area (Å²) < 4.78 is 0. The molecule has 0 radical (unpaired) electrons. The molecule has 1 aromatic rings. The molecule has 1 N–H and O–H groups in total. The third kappa shape index (κ3) is 4.36. The summed E-state index contributed by atoms with van der Waals surface area (Å²) in [5.41, 5.74) is 1.01. The van der Waals surface area contributed by atoms with Gasteiger partial charge in [-0.25, -0.2) is 0 Å². The van der Waals surface area contributed by atoms with Crippen LogP contribution in [0, 0.1) is 0 Å². The standard InChI is InChI=1S/C11H20N4/c1-4-5-13-11(9-15(2)3)10-8-12-6-7-14-10/h6-8,11,13H,4-5,9H2,1-3H3. The van der Waals surface area contributed by atoms with Gasteiger partial charge < -0.3 is 10.2 Å². The second-order valence-corrected chi connectivity index (χ2v) is 3.90. The molecule has 0 aliphatic carbocycles. The Morgan fingerprint density at radius 2 is 2.20 bits per heavy atom. The minimum atomic E-state index is 0.272. The van der Waals surface area contributed by atoms with Crippen molar-refractivity contribution in [2.45, 2.75) is 19.4 Å². The summed E-state index contributed by atoms with van der Waals surface area (Å²) in [5.74, 6) is 0. The van der Waals surface area contributed by atoms with Crippen molar-refractivity contribution in [1.82, 2.24) is 20.2 Å². The number of likely N-dealkylation sites (N-methyl/N-ethyl adjacent to an activating group) is 1. The fraction of sp³-hybridized carbons (Fsp3) is 0.636. The van der Waals surface area contributed by atoms with Crippen molar-refractivity contribution in [2.24, 2.45) is 0 Å². The van der Waals surface area contributed by atoms with Crippen molar-refractivity contribution >= 4 is 0 Å². The van der Waals surface area contributed by atoms with E-state index in [-0.39, 0.29) is 6.04 Å². The third-order valence-electron chi connectivity index (χ3n) is 2.13. The predicted octanol–water partition coefficient (Wildman–Crippen LogP) is 1.08. The molecule has 4 nitrogen and oxygen atoms in total. The van der Waals surface area contributed by atoms with Gasteiger partial charge in [-0.1, -0.05) is 6.92 Å². The van der Waals surface area contributed by atoms with Crippen LogP contribution in [0.4, 0.5) is 0 Å². The van der Waals surface area contributed by atoms with Gasteiger partial charge in [0, 0.05) is 18.9 Å². The summed E-state index contributed by atoms with van der Waals surface area (Å²) >= 11 is 0. The third-order valence-corrected chi connectivity index (χ3v) is 2.13. The van der Waals surface area contributed by atoms with Crippen molar-refractivity contribution in [1.29, 1.82) is 0 Å². The Labute approximate surface area is 91.7 Å². The molecule has 0 aromatic carbocycles. The molecule has 0 bridgehead atoms. The van der Waals surface area contributed by atoms with E-state index in [0.717, 1.165) is 25.2 Å². The average molecular weight is 208 g/mol. The maximum atomic E-state index is 4.33. The van der Waals surface area contributed by atoms with E-state index in [9.17, 15) is 0 Å². The zero-order valence-corrected chi connectivity index (χ0v) is 9.77. The molecule has 0 aliphatic heterocycles. The van der Waals surface area contributed by atoms with E-state index in [1.54, 1.807) is 12.4 Å². The van der Waals surface area contributed by atoms with Crippen LogP contribution in [0.25, 0.3) is 0 Å². The molecule has 84 valence electrons. The van der Waals surface area contributed by atoms with Gasteiger partial charge >= 0.3 is 0 Å². The van der Waals surface area contributed by atoms with Crippen LogP contribution in [0.15, 0.2) is 18.6 Å². The Morgan fingerprint density at radius 3 is 2.73 bits per heavy atom. The minimum absolute atomic E-state index is 0.272. The highest BCUT2D eigenvalue weighted by atomic mass is 15.1. The van der Waals surface area contributed by atoms with E-state index in [1.165, 1.54) is 0 Å². The van der Waals surface area contributed by atoms with Crippen molar-refractivity contribution in [3.05, 3.63) is 24.3 Å². The molecule has 0 aliphatic rings. The van der Waals surface area contributed by atoms with Crippen LogP contribution in [0.1, 0.15) is 25.1 Å². The highest BCUT2D eigenvalue weighted by Crippen LogP contribution is 2.08. The molecule has 1 heterocycles. The second kappa shape index (κ2) is 6.48. The number of rotatable bonds is 6. The quantitative estimate of drug-likeness (QED) is 0.759. The predicted molar refractivity (Wildman–Crippen MR) is 61.6 cm³/mol. The molecular weight excluding hydrogens is 188 g/mol. The van der Waals surface area contributed by atoms with Gasteiger partial charge in [-0.05, 0) is 27.1 Å². The number of hydrogen-bond donors (Lipinski definition) is 1. The van der Waals surface area contributed by atoms with E-state index in [0.29, 0.717) is 0 Å². The van der Waals surface area contributed by atoms with Gasteiger partial charge in [-0.2, -0.15) is 0 Å². The molecule has 15 heavy (non-hydrogen) atoms. The molecule has 1 aromatic heterocycles. The molecule has 1 unspecified atom stereocenters. The lowest BCUT2D eigenvalue weighted by molar-refractivity contribution is 0.338. The van der Waals surface area contributed by atoms with Crippen LogP contribution in [-0.4, -0.2) is 42.1 Å². The lowest BCUT2D eigenvalue weighted by Crippen LogP contribution is -2.32. The second-order valence-electron chi connectivity index (χ2n) is 3.90. The average Bonchev–Trinajstić information content (AvgIpc) is 2.25. The Balaban J connectivity index is 2.63. The van der Waals surface area contributed by atoms with Crippen molar-refractivity contribution in [2.75, 3.05) is 27.2 Å². The van der Waals surface area contributed by atoms with Gasteiger partial charge in [0.15, 0.2) is 0 Å². The molecule has 1 rings (SSSR count). The molecule has 4 heteroatoms. The van der Waals surface area contributed by atoms with E-state index in [1.807, 2.05) is 6.20 Å². The SMILES string of the molecule is CCCNC(CN(C)C)c1cnccn1. The smallest absolute Gasteiger partial charge is 0.0769 e. The number of nitrogens with one attached hydrogen (secondary N) is 1. The maximum absolute atomic E-state index is 4.33. The maximum Gasteiger partial charge on any atom is 0.0769 e. The molecule has 0 saturated carbocycles. The van der Waals surface area contributed by atoms with Gasteiger partial charge in [-0.3, -0.25) is 9.97 Å².